The molecule has 3 nitrogen and oxygen atoms in total. The van der Waals surface area contributed by atoms with Crippen LogP contribution >= 0.6 is 31.9 Å². The second-order valence-corrected chi connectivity index (χ2v) is 9.12. The average Bonchev–Trinajstić information content (AvgIpc) is 2.74. The van der Waals surface area contributed by atoms with Crippen LogP contribution in [0.5, 0.6) is 0 Å². The molecule has 0 saturated carbocycles. The van der Waals surface area contributed by atoms with Crippen LogP contribution in [0.25, 0.3) is 22.2 Å². The second kappa shape index (κ2) is 8.70. The summed E-state index contributed by atoms with van der Waals surface area (Å²) in [6.45, 7) is 4.01. The van der Waals surface area contributed by atoms with Crippen LogP contribution in [-0.2, 0) is 0 Å². The third kappa shape index (κ3) is 4.32. The van der Waals surface area contributed by atoms with Gasteiger partial charge in [-0.3, -0.25) is 4.79 Å². The number of halogens is 2. The van der Waals surface area contributed by atoms with E-state index in [1.165, 1.54) is 0 Å². The van der Waals surface area contributed by atoms with Gasteiger partial charge in [-0.2, -0.15) is 0 Å². The van der Waals surface area contributed by atoms with Gasteiger partial charge in [0.1, 0.15) is 0 Å². The fourth-order valence-electron chi connectivity index (χ4n) is 3.51. The van der Waals surface area contributed by atoms with E-state index in [1.54, 1.807) is 0 Å². The van der Waals surface area contributed by atoms with Crippen molar-refractivity contribution in [2.45, 2.75) is 19.9 Å². The highest BCUT2D eigenvalue weighted by atomic mass is 79.9. The van der Waals surface area contributed by atoms with Gasteiger partial charge in [-0.25, -0.2) is 4.98 Å². The predicted molar refractivity (Wildman–Crippen MR) is 130 cm³/mol. The smallest absolute Gasteiger partial charge is 0.252 e. The van der Waals surface area contributed by atoms with Gasteiger partial charge in [-0.05, 0) is 55.3 Å². The molecule has 0 radical (unpaired) electrons. The first-order valence-electron chi connectivity index (χ1n) is 9.65. The van der Waals surface area contributed by atoms with Crippen molar-refractivity contribution in [1.82, 2.24) is 10.3 Å². The number of nitrogens with one attached hydrogen (secondary N) is 1. The van der Waals surface area contributed by atoms with Gasteiger partial charge >= 0.3 is 0 Å². The van der Waals surface area contributed by atoms with E-state index >= 15 is 0 Å². The Kier molecular flexibility index (Phi) is 6.02. The average molecular weight is 524 g/mol. The van der Waals surface area contributed by atoms with E-state index < -0.39 is 0 Å². The summed E-state index contributed by atoms with van der Waals surface area (Å²) in [7, 11) is 0. The first-order chi connectivity index (χ1) is 14.4. The number of benzene rings is 3. The van der Waals surface area contributed by atoms with Gasteiger partial charge in [0.05, 0.1) is 22.8 Å². The van der Waals surface area contributed by atoms with E-state index in [0.717, 1.165) is 42.2 Å². The molecule has 0 aliphatic rings. The molecule has 1 amide bonds. The molecule has 1 atom stereocenters. The molecule has 5 heteroatoms. The molecule has 0 aliphatic heterocycles. The number of amides is 1. The third-order valence-corrected chi connectivity index (χ3v) is 6.09. The van der Waals surface area contributed by atoms with Gasteiger partial charge in [0.25, 0.3) is 5.91 Å². The molecule has 0 unspecified atom stereocenters. The third-order valence-electron chi connectivity index (χ3n) is 5.10. The van der Waals surface area contributed by atoms with Crippen LogP contribution in [0.3, 0.4) is 0 Å². The Balaban J connectivity index is 1.82. The van der Waals surface area contributed by atoms with Crippen LogP contribution in [0.4, 0.5) is 0 Å². The van der Waals surface area contributed by atoms with Gasteiger partial charge in [0, 0.05) is 19.9 Å². The van der Waals surface area contributed by atoms with Crippen molar-refractivity contribution in [3.8, 4) is 11.3 Å². The van der Waals surface area contributed by atoms with Gasteiger partial charge in [-0.15, -0.1) is 0 Å². The Morgan fingerprint density at radius 2 is 1.63 bits per heavy atom. The zero-order valence-corrected chi connectivity index (χ0v) is 19.8. The fraction of sp³-hybridized carbons (Fsp3) is 0.120. The normalized spacial score (nSPS) is 12.0. The quantitative estimate of drug-likeness (QED) is 0.306. The molecule has 0 saturated heterocycles. The number of carbonyl (C=O) groups excluding carboxylic acids is 1. The lowest BCUT2D eigenvalue weighted by Crippen LogP contribution is -2.27. The molecule has 0 bridgehead atoms. The van der Waals surface area contributed by atoms with Crippen LogP contribution in [0, 0.1) is 6.92 Å². The van der Waals surface area contributed by atoms with Crippen molar-refractivity contribution in [2.75, 3.05) is 0 Å². The molecule has 150 valence electrons. The Morgan fingerprint density at radius 1 is 0.933 bits per heavy atom. The van der Waals surface area contributed by atoms with Crippen LogP contribution < -0.4 is 5.32 Å². The number of hydrogen-bond donors (Lipinski definition) is 1. The number of carbonyl (C=O) groups is 1. The van der Waals surface area contributed by atoms with Crippen molar-refractivity contribution in [3.63, 3.8) is 0 Å². The number of pyridine rings is 1. The van der Waals surface area contributed by atoms with E-state index in [1.807, 2.05) is 86.6 Å². The van der Waals surface area contributed by atoms with Crippen molar-refractivity contribution in [3.05, 3.63) is 98.4 Å². The second-order valence-electron chi connectivity index (χ2n) is 7.29. The maximum absolute atomic E-state index is 13.3. The summed E-state index contributed by atoms with van der Waals surface area (Å²) >= 11 is 7.04. The predicted octanol–water partition coefficient (Wildman–Crippen LogP) is 7.23. The summed E-state index contributed by atoms with van der Waals surface area (Å²) in [5, 5.41) is 3.98. The van der Waals surface area contributed by atoms with Crippen LogP contribution in [0.1, 0.15) is 34.5 Å². The SMILES string of the molecule is Cc1cc(Br)cc2c(C(=O)N[C@H](C)c3ccccc3)cc(-c3ccc(Br)cc3)nc12. The summed E-state index contributed by atoms with van der Waals surface area (Å²) in [4.78, 5) is 18.2. The van der Waals surface area contributed by atoms with Crippen LogP contribution in [0.2, 0.25) is 0 Å². The number of aryl methyl sites for hydroxylation is 1. The van der Waals surface area contributed by atoms with Crippen LogP contribution in [-0.4, -0.2) is 10.9 Å². The highest BCUT2D eigenvalue weighted by Crippen LogP contribution is 2.30. The number of nitrogens with zero attached hydrogens (tertiary/aromatic N) is 1. The van der Waals surface area contributed by atoms with Crippen molar-refractivity contribution < 1.29 is 4.79 Å². The van der Waals surface area contributed by atoms with Gasteiger partial charge in [0.2, 0.25) is 0 Å². The van der Waals surface area contributed by atoms with Gasteiger partial charge < -0.3 is 5.32 Å². The molecule has 0 aliphatic carbocycles. The molecular formula is C25H20Br2N2O. The van der Waals surface area contributed by atoms with E-state index in [-0.39, 0.29) is 11.9 Å². The van der Waals surface area contributed by atoms with Crippen molar-refractivity contribution >= 4 is 48.7 Å². The number of aromatic nitrogens is 1. The maximum atomic E-state index is 13.3. The topological polar surface area (TPSA) is 42.0 Å². The zero-order chi connectivity index (χ0) is 21.3. The fourth-order valence-corrected chi connectivity index (χ4v) is 4.35. The van der Waals surface area contributed by atoms with E-state index in [0.29, 0.717) is 5.56 Å². The largest absolute Gasteiger partial charge is 0.345 e. The summed E-state index contributed by atoms with van der Waals surface area (Å²) in [6, 6.07) is 23.7. The molecule has 4 aromatic rings. The van der Waals surface area contributed by atoms with Gasteiger partial charge in [-0.1, -0.05) is 74.3 Å². The standard InChI is InChI=1S/C25H20Br2N2O/c1-15-12-20(27)13-21-22(25(30)28-16(2)17-6-4-3-5-7-17)14-23(29-24(15)21)18-8-10-19(26)11-9-18/h3-14,16H,1-2H3,(H,28,30)/t16-/m1/s1. The maximum Gasteiger partial charge on any atom is 0.252 e. The molecule has 1 heterocycles. The van der Waals surface area contributed by atoms with E-state index in [9.17, 15) is 4.79 Å². The van der Waals surface area contributed by atoms with Crippen molar-refractivity contribution in [1.29, 1.82) is 0 Å². The number of fused-ring (bicyclic) bond motifs is 1. The molecule has 0 fully saturated rings. The first kappa shape index (κ1) is 20.8. The van der Waals surface area contributed by atoms with Gasteiger partial charge in [0.15, 0.2) is 0 Å². The minimum absolute atomic E-state index is 0.105. The highest BCUT2D eigenvalue weighted by molar-refractivity contribution is 9.10. The molecule has 30 heavy (non-hydrogen) atoms. The molecule has 1 aromatic heterocycles. The lowest BCUT2D eigenvalue weighted by Gasteiger charge is -2.17. The first-order valence-corrected chi connectivity index (χ1v) is 11.2. The lowest BCUT2D eigenvalue weighted by atomic mass is 10.0. The Labute approximate surface area is 192 Å². The number of hydrogen-bond acceptors (Lipinski definition) is 2. The molecule has 4 rings (SSSR count). The zero-order valence-electron chi connectivity index (χ0n) is 16.6. The molecule has 3 aromatic carbocycles. The molecular weight excluding hydrogens is 504 g/mol. The van der Waals surface area contributed by atoms with E-state index in [4.69, 9.17) is 4.98 Å². The number of rotatable bonds is 4. The molecule has 1 N–H and O–H groups in total. The van der Waals surface area contributed by atoms with Crippen molar-refractivity contribution in [2.24, 2.45) is 0 Å². The Morgan fingerprint density at radius 3 is 2.33 bits per heavy atom. The highest BCUT2D eigenvalue weighted by Gasteiger charge is 2.18. The summed E-state index contributed by atoms with van der Waals surface area (Å²) < 4.78 is 1.93. The summed E-state index contributed by atoms with van der Waals surface area (Å²) in [5.74, 6) is -0.116. The molecule has 0 spiro atoms. The summed E-state index contributed by atoms with van der Waals surface area (Å²) in [5.41, 5.74) is 5.27. The summed E-state index contributed by atoms with van der Waals surface area (Å²) in [6.07, 6.45) is 0. The monoisotopic (exact) mass is 522 g/mol. The Hall–Kier alpha value is -2.50. The minimum atomic E-state index is -0.116. The minimum Gasteiger partial charge on any atom is -0.345 e. The Bertz CT molecular complexity index is 1220. The van der Waals surface area contributed by atoms with E-state index in [2.05, 4.69) is 37.2 Å². The lowest BCUT2D eigenvalue weighted by molar-refractivity contribution is 0.0941. The van der Waals surface area contributed by atoms with Crippen LogP contribution in [0.15, 0.2) is 81.7 Å².